The number of halogens is 1. The van der Waals surface area contributed by atoms with Crippen LogP contribution in [0.15, 0.2) is 79.1 Å². The van der Waals surface area contributed by atoms with Crippen molar-refractivity contribution in [1.29, 1.82) is 0 Å². The van der Waals surface area contributed by atoms with Crippen LogP contribution in [0.3, 0.4) is 0 Å². The van der Waals surface area contributed by atoms with Gasteiger partial charge in [-0.1, -0.05) is 49.4 Å². The molecule has 6 rings (SSSR count). The van der Waals surface area contributed by atoms with E-state index in [0.29, 0.717) is 23.5 Å². The SMILES string of the molecule is CCN1CCN(C(=O)C2(c3ccccc3)CCN(CCC(CN(C)C(=O)c3cc(-n4cnnn4)ccc3OC)c3ccc(F)cc3)CC2)CC1. The van der Waals surface area contributed by atoms with Crippen molar-refractivity contribution in [2.75, 3.05) is 73.1 Å². The van der Waals surface area contributed by atoms with Gasteiger partial charge in [-0.05, 0) is 97.3 Å². The number of rotatable bonds is 12. The summed E-state index contributed by atoms with van der Waals surface area (Å²) in [4.78, 5) is 36.8. The summed E-state index contributed by atoms with van der Waals surface area (Å²) in [6, 6.07) is 22.1. The van der Waals surface area contributed by atoms with Crippen LogP contribution in [0.4, 0.5) is 4.39 Å². The van der Waals surface area contributed by atoms with Crippen LogP contribution in [-0.2, 0) is 10.2 Å². The Morgan fingerprint density at radius 3 is 2.30 bits per heavy atom. The van der Waals surface area contributed by atoms with Gasteiger partial charge in [-0.15, -0.1) is 5.10 Å². The maximum atomic E-state index is 14.3. The number of amides is 2. The molecule has 0 radical (unpaired) electrons. The molecular formula is C38H47FN8O3. The van der Waals surface area contributed by atoms with E-state index in [1.165, 1.54) is 30.3 Å². The van der Waals surface area contributed by atoms with E-state index < -0.39 is 5.41 Å². The largest absolute Gasteiger partial charge is 0.496 e. The van der Waals surface area contributed by atoms with Gasteiger partial charge >= 0.3 is 0 Å². The Morgan fingerprint density at radius 2 is 1.66 bits per heavy atom. The van der Waals surface area contributed by atoms with Gasteiger partial charge in [0, 0.05) is 45.7 Å². The molecule has 1 unspecified atom stereocenters. The normalized spacial score (nSPS) is 17.3. The molecule has 12 heteroatoms. The average molecular weight is 683 g/mol. The molecule has 4 aromatic rings. The predicted octanol–water partition coefficient (Wildman–Crippen LogP) is 4.25. The van der Waals surface area contributed by atoms with Crippen LogP contribution in [0, 0.1) is 5.82 Å². The molecule has 1 atom stereocenters. The van der Waals surface area contributed by atoms with Crippen molar-refractivity contribution in [2.45, 2.75) is 37.5 Å². The van der Waals surface area contributed by atoms with Crippen molar-refractivity contribution >= 4 is 11.8 Å². The van der Waals surface area contributed by atoms with Crippen LogP contribution in [0.2, 0.25) is 0 Å². The van der Waals surface area contributed by atoms with Gasteiger partial charge in [0.1, 0.15) is 17.9 Å². The fraction of sp³-hybridized carbons (Fsp3) is 0.447. The summed E-state index contributed by atoms with van der Waals surface area (Å²) >= 11 is 0. The number of likely N-dealkylation sites (tertiary alicyclic amines) is 1. The summed E-state index contributed by atoms with van der Waals surface area (Å²) in [5, 5.41) is 11.4. The van der Waals surface area contributed by atoms with Gasteiger partial charge < -0.3 is 24.3 Å². The minimum atomic E-state index is -0.537. The van der Waals surface area contributed by atoms with Gasteiger partial charge in [-0.25, -0.2) is 9.07 Å². The number of piperidine rings is 1. The fourth-order valence-electron chi connectivity index (χ4n) is 7.45. The second-order valence-corrected chi connectivity index (χ2v) is 13.4. The summed E-state index contributed by atoms with van der Waals surface area (Å²) in [7, 11) is 3.32. The van der Waals surface area contributed by atoms with E-state index in [1.54, 1.807) is 30.1 Å². The molecule has 2 saturated heterocycles. The molecule has 0 N–H and O–H groups in total. The molecule has 0 saturated carbocycles. The molecule has 3 heterocycles. The summed E-state index contributed by atoms with van der Waals surface area (Å²) in [6.45, 7) is 9.34. The lowest BCUT2D eigenvalue weighted by molar-refractivity contribution is -0.141. The smallest absolute Gasteiger partial charge is 0.257 e. The van der Waals surface area contributed by atoms with E-state index in [-0.39, 0.29) is 23.5 Å². The van der Waals surface area contributed by atoms with Gasteiger partial charge in [-0.3, -0.25) is 9.59 Å². The van der Waals surface area contributed by atoms with Gasteiger partial charge in [-0.2, -0.15) is 0 Å². The molecule has 0 aliphatic carbocycles. The van der Waals surface area contributed by atoms with Crippen molar-refractivity contribution in [3.63, 3.8) is 0 Å². The first-order chi connectivity index (χ1) is 24.3. The minimum absolute atomic E-state index is 0.0458. The van der Waals surface area contributed by atoms with E-state index in [1.807, 2.05) is 30.3 Å². The van der Waals surface area contributed by atoms with Gasteiger partial charge in [0.2, 0.25) is 5.91 Å². The van der Waals surface area contributed by atoms with Crippen LogP contribution in [0.25, 0.3) is 5.69 Å². The number of likely N-dealkylation sites (N-methyl/N-ethyl adjacent to an activating group) is 2. The maximum absolute atomic E-state index is 14.3. The predicted molar refractivity (Wildman–Crippen MR) is 189 cm³/mol. The van der Waals surface area contributed by atoms with Crippen molar-refractivity contribution in [1.82, 2.24) is 39.8 Å². The Bertz CT molecular complexity index is 1700. The zero-order valence-corrected chi connectivity index (χ0v) is 29.2. The van der Waals surface area contributed by atoms with Crippen molar-refractivity contribution in [3.8, 4) is 11.4 Å². The third-order valence-electron chi connectivity index (χ3n) is 10.6. The number of aromatic nitrogens is 4. The molecule has 0 bridgehead atoms. The number of tetrazole rings is 1. The summed E-state index contributed by atoms with van der Waals surface area (Å²) in [6.07, 6.45) is 3.73. The van der Waals surface area contributed by atoms with Crippen LogP contribution in [0.1, 0.15) is 53.6 Å². The molecule has 50 heavy (non-hydrogen) atoms. The first-order valence-corrected chi connectivity index (χ1v) is 17.5. The highest BCUT2D eigenvalue weighted by Crippen LogP contribution is 2.38. The summed E-state index contributed by atoms with van der Waals surface area (Å²) in [5.74, 6) is 0.162. The zero-order valence-electron chi connectivity index (χ0n) is 29.2. The Morgan fingerprint density at radius 1 is 0.940 bits per heavy atom. The maximum Gasteiger partial charge on any atom is 0.257 e. The Kier molecular flexibility index (Phi) is 11.2. The molecular weight excluding hydrogens is 635 g/mol. The third-order valence-corrected chi connectivity index (χ3v) is 10.6. The molecule has 3 aromatic carbocycles. The van der Waals surface area contributed by atoms with Gasteiger partial charge in [0.05, 0.1) is 23.8 Å². The second-order valence-electron chi connectivity index (χ2n) is 13.4. The Labute approximate surface area is 293 Å². The van der Waals surface area contributed by atoms with Crippen molar-refractivity contribution in [3.05, 3.63) is 102 Å². The zero-order chi connectivity index (χ0) is 35.1. The number of benzene rings is 3. The van der Waals surface area contributed by atoms with Crippen LogP contribution in [-0.4, -0.2) is 125 Å². The number of methoxy groups -OCH3 is 1. The first kappa shape index (κ1) is 35.2. The number of ether oxygens (including phenoxy) is 1. The average Bonchev–Trinajstić information content (AvgIpc) is 3.72. The van der Waals surface area contributed by atoms with E-state index in [9.17, 15) is 14.0 Å². The van der Waals surface area contributed by atoms with Crippen LogP contribution < -0.4 is 4.74 Å². The van der Waals surface area contributed by atoms with Crippen molar-refractivity contribution in [2.24, 2.45) is 0 Å². The summed E-state index contributed by atoms with van der Waals surface area (Å²) in [5.41, 5.74) is 2.57. The molecule has 2 aliphatic rings. The van der Waals surface area contributed by atoms with Crippen molar-refractivity contribution < 1.29 is 18.7 Å². The standard InChI is InChI=1S/C38H47FN8O3/c1-4-44-22-24-46(25-23-44)37(49)38(31-8-6-5-7-9-31)17-20-45(21-18-38)19-16-30(29-10-12-32(39)13-11-29)27-43(2)36(48)34-26-33(14-15-35(34)50-3)47-28-40-41-42-47/h5-15,26,28,30H,4,16-25,27H2,1-3H3. The molecule has 2 amide bonds. The lowest BCUT2D eigenvalue weighted by atomic mass is 9.71. The Balaban J connectivity index is 1.15. The first-order valence-electron chi connectivity index (χ1n) is 17.5. The number of hydrogen-bond donors (Lipinski definition) is 0. The van der Waals surface area contributed by atoms with Gasteiger partial charge in [0.25, 0.3) is 5.91 Å². The minimum Gasteiger partial charge on any atom is -0.496 e. The number of carbonyl (C=O) groups excluding carboxylic acids is 2. The number of nitrogens with zero attached hydrogens (tertiary/aromatic N) is 8. The van der Waals surface area contributed by atoms with Crippen LogP contribution in [0.5, 0.6) is 5.75 Å². The van der Waals surface area contributed by atoms with Crippen LogP contribution >= 0.6 is 0 Å². The molecule has 264 valence electrons. The molecule has 0 spiro atoms. The topological polar surface area (TPSA) is 99.9 Å². The molecule has 11 nitrogen and oxygen atoms in total. The monoisotopic (exact) mass is 682 g/mol. The Hall–Kier alpha value is -4.68. The lowest BCUT2D eigenvalue weighted by Crippen LogP contribution is -2.57. The highest BCUT2D eigenvalue weighted by atomic mass is 19.1. The van der Waals surface area contributed by atoms with E-state index in [0.717, 1.165) is 82.7 Å². The number of carbonyl (C=O) groups is 2. The number of piperazine rings is 1. The molecule has 2 aliphatic heterocycles. The summed E-state index contributed by atoms with van der Waals surface area (Å²) < 4.78 is 21.0. The third kappa shape index (κ3) is 7.71. The lowest BCUT2D eigenvalue weighted by Gasteiger charge is -2.45. The second kappa shape index (κ2) is 15.9. The van der Waals surface area contributed by atoms with Gasteiger partial charge in [0.15, 0.2) is 0 Å². The fourth-order valence-corrected chi connectivity index (χ4v) is 7.45. The highest BCUT2D eigenvalue weighted by Gasteiger charge is 2.45. The quantitative estimate of drug-likeness (QED) is 0.219. The van der Waals surface area contributed by atoms with E-state index >= 15 is 0 Å². The molecule has 1 aromatic heterocycles. The van der Waals surface area contributed by atoms with E-state index in [2.05, 4.69) is 49.3 Å². The highest BCUT2D eigenvalue weighted by molar-refractivity contribution is 5.97. The number of hydrogen-bond acceptors (Lipinski definition) is 8. The molecule has 2 fully saturated rings. The van der Waals surface area contributed by atoms with E-state index in [4.69, 9.17) is 4.74 Å².